The molecule has 0 aliphatic rings. The number of rotatable bonds is 5. The summed E-state index contributed by atoms with van der Waals surface area (Å²) in [5.74, 6) is 0.254. The molecule has 0 amide bonds. The van der Waals surface area contributed by atoms with E-state index in [0.717, 1.165) is 10.4 Å². The van der Waals surface area contributed by atoms with Crippen molar-refractivity contribution < 1.29 is 14.1 Å². The summed E-state index contributed by atoms with van der Waals surface area (Å²) in [6, 6.07) is 5.47. The van der Waals surface area contributed by atoms with Crippen molar-refractivity contribution in [3.8, 4) is 11.5 Å². The van der Waals surface area contributed by atoms with Gasteiger partial charge in [0, 0.05) is 16.3 Å². The van der Waals surface area contributed by atoms with Crippen molar-refractivity contribution in [1.82, 2.24) is 10.1 Å². The quantitative estimate of drug-likeness (QED) is 0.506. The van der Waals surface area contributed by atoms with Gasteiger partial charge in [-0.1, -0.05) is 16.8 Å². The molecule has 0 saturated heterocycles. The topological polar surface area (TPSA) is 65.2 Å². The summed E-state index contributed by atoms with van der Waals surface area (Å²) < 4.78 is 10.8. The zero-order valence-electron chi connectivity index (χ0n) is 11.1. The molecule has 0 N–H and O–H groups in total. The molecule has 0 aliphatic carbocycles. The molecule has 8 heteroatoms. The van der Waals surface area contributed by atoms with Crippen molar-refractivity contribution in [3.63, 3.8) is 0 Å². The first kappa shape index (κ1) is 15.0. The molecule has 3 aromatic heterocycles. The number of carbonyl (C=O) groups is 1. The van der Waals surface area contributed by atoms with Gasteiger partial charge in [-0.15, -0.1) is 11.3 Å². The van der Waals surface area contributed by atoms with Crippen LogP contribution in [0.3, 0.4) is 0 Å². The van der Waals surface area contributed by atoms with Crippen LogP contribution in [0.2, 0.25) is 4.34 Å². The van der Waals surface area contributed by atoms with Crippen LogP contribution in [0.25, 0.3) is 17.5 Å². The zero-order valence-corrected chi connectivity index (χ0v) is 13.5. The molecule has 112 valence electrons. The first-order valence-electron chi connectivity index (χ1n) is 6.16. The number of aromatic nitrogens is 2. The first-order chi connectivity index (χ1) is 10.7. The Hall–Kier alpha value is -1.96. The maximum atomic E-state index is 11.6. The molecule has 0 atom stereocenters. The third-order valence-electron chi connectivity index (χ3n) is 2.56. The number of esters is 1. The lowest BCUT2D eigenvalue weighted by Gasteiger charge is -1.95. The fraction of sp³-hybridized carbons (Fsp3) is 0.0714. The highest BCUT2D eigenvalue weighted by molar-refractivity contribution is 7.17. The van der Waals surface area contributed by atoms with E-state index in [1.165, 1.54) is 28.7 Å². The summed E-state index contributed by atoms with van der Waals surface area (Å²) in [6.45, 7) is -0.0397. The van der Waals surface area contributed by atoms with Crippen molar-refractivity contribution in [1.29, 1.82) is 0 Å². The number of ether oxygens (including phenoxy) is 1. The summed E-state index contributed by atoms with van der Waals surface area (Å²) in [4.78, 5) is 16.6. The maximum Gasteiger partial charge on any atom is 0.331 e. The maximum absolute atomic E-state index is 11.6. The van der Waals surface area contributed by atoms with Crippen LogP contribution in [0.4, 0.5) is 0 Å². The van der Waals surface area contributed by atoms with Crippen molar-refractivity contribution in [3.05, 3.63) is 50.1 Å². The Kier molecular flexibility index (Phi) is 4.67. The molecule has 0 spiro atoms. The van der Waals surface area contributed by atoms with Gasteiger partial charge in [0.15, 0.2) is 6.61 Å². The third kappa shape index (κ3) is 3.82. The van der Waals surface area contributed by atoms with Gasteiger partial charge in [0.1, 0.15) is 0 Å². The molecule has 3 aromatic rings. The second kappa shape index (κ2) is 6.87. The Morgan fingerprint density at radius 3 is 3.05 bits per heavy atom. The Labute approximate surface area is 138 Å². The van der Waals surface area contributed by atoms with Gasteiger partial charge in [0.25, 0.3) is 5.89 Å². The summed E-state index contributed by atoms with van der Waals surface area (Å²) in [7, 11) is 0. The van der Waals surface area contributed by atoms with Crippen LogP contribution in [0.1, 0.15) is 10.7 Å². The largest absolute Gasteiger partial charge is 0.454 e. The highest BCUT2D eigenvalue weighted by Crippen LogP contribution is 2.22. The number of carbonyl (C=O) groups excluding carboxylic acids is 1. The number of halogens is 1. The molecule has 0 unspecified atom stereocenters. The smallest absolute Gasteiger partial charge is 0.331 e. The number of thiophene rings is 2. The van der Waals surface area contributed by atoms with Gasteiger partial charge < -0.3 is 9.26 Å². The molecule has 3 rings (SSSR count). The average molecular weight is 353 g/mol. The van der Waals surface area contributed by atoms with Gasteiger partial charge in [-0.25, -0.2) is 4.79 Å². The van der Waals surface area contributed by atoms with E-state index in [2.05, 4.69) is 10.1 Å². The lowest BCUT2D eigenvalue weighted by Crippen LogP contribution is -2.01. The minimum absolute atomic E-state index is 0.0397. The third-order valence-corrected chi connectivity index (χ3v) is 4.44. The summed E-state index contributed by atoms with van der Waals surface area (Å²) in [5, 5.41) is 7.59. The molecular weight excluding hydrogens is 344 g/mol. The van der Waals surface area contributed by atoms with Gasteiger partial charge in [-0.2, -0.15) is 16.3 Å². The molecule has 5 nitrogen and oxygen atoms in total. The van der Waals surface area contributed by atoms with Crippen molar-refractivity contribution >= 4 is 46.3 Å². The predicted octanol–water partition coefficient (Wildman–Crippen LogP) is 4.27. The summed E-state index contributed by atoms with van der Waals surface area (Å²) in [6.07, 6.45) is 2.98. The van der Waals surface area contributed by atoms with E-state index < -0.39 is 5.97 Å². The minimum Gasteiger partial charge on any atom is -0.454 e. The second-order valence-electron chi connectivity index (χ2n) is 4.11. The van der Waals surface area contributed by atoms with Gasteiger partial charge in [0.2, 0.25) is 5.82 Å². The van der Waals surface area contributed by atoms with Crippen LogP contribution >= 0.6 is 34.3 Å². The van der Waals surface area contributed by atoms with Gasteiger partial charge in [-0.05, 0) is 29.7 Å². The Balaban J connectivity index is 1.54. The molecule has 0 aromatic carbocycles. The normalized spacial score (nSPS) is 11.1. The second-order valence-corrected chi connectivity index (χ2v) is 6.64. The van der Waals surface area contributed by atoms with E-state index in [9.17, 15) is 4.79 Å². The monoisotopic (exact) mass is 352 g/mol. The molecule has 0 fully saturated rings. The van der Waals surface area contributed by atoms with E-state index in [1.807, 2.05) is 22.9 Å². The Morgan fingerprint density at radius 1 is 1.41 bits per heavy atom. The van der Waals surface area contributed by atoms with Crippen molar-refractivity contribution in [2.45, 2.75) is 6.61 Å². The molecule has 22 heavy (non-hydrogen) atoms. The van der Waals surface area contributed by atoms with Crippen LogP contribution in [0, 0.1) is 0 Å². The summed E-state index contributed by atoms with van der Waals surface area (Å²) >= 11 is 8.72. The number of hydrogen-bond donors (Lipinski definition) is 0. The fourth-order valence-electron chi connectivity index (χ4n) is 1.57. The van der Waals surface area contributed by atoms with E-state index in [4.69, 9.17) is 20.9 Å². The van der Waals surface area contributed by atoms with Crippen LogP contribution in [0.5, 0.6) is 0 Å². The number of hydrogen-bond acceptors (Lipinski definition) is 7. The van der Waals surface area contributed by atoms with Crippen LogP contribution in [-0.2, 0) is 16.1 Å². The lowest BCUT2D eigenvalue weighted by atomic mass is 10.3. The SMILES string of the molecule is O=C(C=Cc1ccc(Cl)s1)OCc1noc(-c2ccsc2)n1. The first-order valence-corrected chi connectivity index (χ1v) is 8.30. The van der Waals surface area contributed by atoms with E-state index in [0.29, 0.717) is 16.1 Å². The van der Waals surface area contributed by atoms with Gasteiger partial charge in [-0.3, -0.25) is 0 Å². The average Bonchev–Trinajstić information content (AvgIpc) is 3.23. The predicted molar refractivity (Wildman–Crippen MR) is 85.8 cm³/mol. The van der Waals surface area contributed by atoms with Crippen molar-refractivity contribution in [2.24, 2.45) is 0 Å². The van der Waals surface area contributed by atoms with Crippen LogP contribution in [-0.4, -0.2) is 16.1 Å². The van der Waals surface area contributed by atoms with Crippen LogP contribution in [0.15, 0.2) is 39.6 Å². The minimum atomic E-state index is -0.480. The van der Waals surface area contributed by atoms with E-state index >= 15 is 0 Å². The zero-order chi connectivity index (χ0) is 15.4. The molecule has 0 bridgehead atoms. The highest BCUT2D eigenvalue weighted by atomic mass is 35.5. The fourth-order valence-corrected chi connectivity index (χ4v) is 3.16. The summed E-state index contributed by atoms with van der Waals surface area (Å²) in [5.41, 5.74) is 0.851. The number of nitrogens with zero attached hydrogens (tertiary/aromatic N) is 2. The Morgan fingerprint density at radius 2 is 2.32 bits per heavy atom. The van der Waals surface area contributed by atoms with Gasteiger partial charge in [0.05, 0.1) is 9.90 Å². The Bertz CT molecular complexity index is 793. The standard InChI is InChI=1S/C14H9ClN2O3S2/c15-11-3-1-10(22-11)2-4-13(18)19-7-12-16-14(20-17-12)9-5-6-21-8-9/h1-6,8H,7H2. The molecule has 0 aliphatic heterocycles. The molecule has 3 heterocycles. The van der Waals surface area contributed by atoms with Crippen molar-refractivity contribution in [2.75, 3.05) is 0 Å². The van der Waals surface area contributed by atoms with Crippen LogP contribution < -0.4 is 0 Å². The van der Waals surface area contributed by atoms with Gasteiger partial charge >= 0.3 is 5.97 Å². The lowest BCUT2D eigenvalue weighted by molar-refractivity contribution is -0.139. The highest BCUT2D eigenvalue weighted by Gasteiger charge is 2.10. The molecule has 0 radical (unpaired) electrons. The van der Waals surface area contributed by atoms with E-state index in [1.54, 1.807) is 12.1 Å². The molecular formula is C14H9ClN2O3S2. The molecule has 0 saturated carbocycles. The van der Waals surface area contributed by atoms with E-state index in [-0.39, 0.29) is 6.61 Å².